The molecule has 3 aromatic carbocycles. The molecule has 0 spiro atoms. The molecular weight excluding hydrogens is 468 g/mol. The lowest BCUT2D eigenvalue weighted by Gasteiger charge is -2.19. The highest BCUT2D eigenvalue weighted by Crippen LogP contribution is 2.30. The van der Waals surface area contributed by atoms with Gasteiger partial charge < -0.3 is 10.6 Å². The van der Waals surface area contributed by atoms with Crippen LogP contribution in [-0.2, 0) is 4.79 Å². The SMILES string of the molecule is Cc1cc2c(c(SCC(=O)Nc3ccccc3)n1)c(=O)cc(Nc1ccccc1)n2-c1ccccc1. The Morgan fingerprint density at radius 3 is 2.14 bits per heavy atom. The van der Waals surface area contributed by atoms with E-state index in [9.17, 15) is 9.59 Å². The number of rotatable bonds is 7. The van der Waals surface area contributed by atoms with Gasteiger partial charge in [0.25, 0.3) is 0 Å². The van der Waals surface area contributed by atoms with Gasteiger partial charge >= 0.3 is 0 Å². The van der Waals surface area contributed by atoms with E-state index in [1.165, 1.54) is 11.8 Å². The number of anilines is 3. The maximum atomic E-state index is 13.4. The highest BCUT2D eigenvalue weighted by Gasteiger charge is 2.17. The summed E-state index contributed by atoms with van der Waals surface area (Å²) in [6.45, 7) is 1.89. The molecule has 2 heterocycles. The molecule has 0 radical (unpaired) electrons. The highest BCUT2D eigenvalue weighted by atomic mass is 32.2. The molecule has 7 heteroatoms. The fraction of sp³-hybridized carbons (Fsp3) is 0.0690. The molecule has 6 nitrogen and oxygen atoms in total. The summed E-state index contributed by atoms with van der Waals surface area (Å²) in [6, 6.07) is 32.4. The van der Waals surface area contributed by atoms with Crippen LogP contribution in [0.15, 0.2) is 113 Å². The minimum absolute atomic E-state index is 0.134. The number of benzene rings is 3. The summed E-state index contributed by atoms with van der Waals surface area (Å²) >= 11 is 1.26. The van der Waals surface area contributed by atoms with Crippen LogP contribution in [0.3, 0.4) is 0 Å². The molecule has 2 N–H and O–H groups in total. The van der Waals surface area contributed by atoms with Gasteiger partial charge in [0.05, 0.1) is 16.7 Å². The predicted octanol–water partition coefficient (Wildman–Crippen LogP) is 6.17. The molecule has 0 bridgehead atoms. The Morgan fingerprint density at radius 2 is 1.47 bits per heavy atom. The van der Waals surface area contributed by atoms with Crippen molar-refractivity contribution in [3.63, 3.8) is 0 Å². The summed E-state index contributed by atoms with van der Waals surface area (Å²) in [6.07, 6.45) is 0. The fourth-order valence-corrected chi connectivity index (χ4v) is 4.90. The Kier molecular flexibility index (Phi) is 6.82. The molecule has 0 saturated carbocycles. The smallest absolute Gasteiger partial charge is 0.234 e. The number of carbonyl (C=O) groups excluding carboxylic acids is 1. The van der Waals surface area contributed by atoms with Crippen molar-refractivity contribution in [3.05, 3.63) is 119 Å². The Labute approximate surface area is 213 Å². The van der Waals surface area contributed by atoms with Crippen LogP contribution >= 0.6 is 11.8 Å². The summed E-state index contributed by atoms with van der Waals surface area (Å²) in [5.41, 5.74) is 3.84. The van der Waals surface area contributed by atoms with Crippen LogP contribution < -0.4 is 16.1 Å². The summed E-state index contributed by atoms with van der Waals surface area (Å²) in [5, 5.41) is 7.30. The number of fused-ring (bicyclic) bond motifs is 1. The maximum Gasteiger partial charge on any atom is 0.234 e. The van der Waals surface area contributed by atoms with Crippen molar-refractivity contribution < 1.29 is 4.79 Å². The second-order valence-corrected chi connectivity index (χ2v) is 9.19. The first-order valence-corrected chi connectivity index (χ1v) is 12.5. The first-order valence-electron chi connectivity index (χ1n) is 11.5. The van der Waals surface area contributed by atoms with E-state index in [1.54, 1.807) is 6.07 Å². The van der Waals surface area contributed by atoms with E-state index in [1.807, 2.05) is 109 Å². The third-order valence-electron chi connectivity index (χ3n) is 5.55. The first kappa shape index (κ1) is 23.4. The number of nitrogens with zero attached hydrogens (tertiary/aromatic N) is 2. The number of hydrogen-bond donors (Lipinski definition) is 2. The van der Waals surface area contributed by atoms with Gasteiger partial charge in [-0.15, -0.1) is 0 Å². The van der Waals surface area contributed by atoms with Gasteiger partial charge in [-0.05, 0) is 49.4 Å². The zero-order valence-electron chi connectivity index (χ0n) is 19.6. The monoisotopic (exact) mass is 492 g/mol. The zero-order valence-corrected chi connectivity index (χ0v) is 20.5. The Morgan fingerprint density at radius 1 is 0.861 bits per heavy atom. The van der Waals surface area contributed by atoms with E-state index >= 15 is 0 Å². The largest absolute Gasteiger partial charge is 0.341 e. The highest BCUT2D eigenvalue weighted by molar-refractivity contribution is 8.00. The minimum Gasteiger partial charge on any atom is -0.341 e. The number of hydrogen-bond acceptors (Lipinski definition) is 5. The molecule has 178 valence electrons. The average molecular weight is 493 g/mol. The number of pyridine rings is 2. The fourth-order valence-electron chi connectivity index (χ4n) is 4.00. The van der Waals surface area contributed by atoms with Gasteiger partial charge in [-0.3, -0.25) is 14.2 Å². The molecule has 36 heavy (non-hydrogen) atoms. The van der Waals surface area contributed by atoms with Crippen molar-refractivity contribution in [2.24, 2.45) is 0 Å². The molecule has 0 fully saturated rings. The van der Waals surface area contributed by atoms with E-state index in [4.69, 9.17) is 0 Å². The van der Waals surface area contributed by atoms with Crippen molar-refractivity contribution in [1.29, 1.82) is 0 Å². The summed E-state index contributed by atoms with van der Waals surface area (Å²) in [4.78, 5) is 30.7. The van der Waals surface area contributed by atoms with Crippen molar-refractivity contribution in [1.82, 2.24) is 9.55 Å². The van der Waals surface area contributed by atoms with Crippen LogP contribution in [0.5, 0.6) is 0 Å². The van der Waals surface area contributed by atoms with Crippen LogP contribution in [0.4, 0.5) is 17.2 Å². The second-order valence-electron chi connectivity index (χ2n) is 8.22. The van der Waals surface area contributed by atoms with Crippen molar-refractivity contribution in [3.8, 4) is 5.69 Å². The number of carbonyl (C=O) groups is 1. The van der Waals surface area contributed by atoms with Gasteiger partial charge in [0, 0.05) is 28.8 Å². The molecule has 0 aliphatic heterocycles. The number of para-hydroxylation sites is 3. The Hall–Kier alpha value is -4.36. The van der Waals surface area contributed by atoms with Gasteiger partial charge in [0.2, 0.25) is 5.91 Å². The van der Waals surface area contributed by atoms with E-state index in [0.717, 1.165) is 28.3 Å². The predicted molar refractivity (Wildman–Crippen MR) is 148 cm³/mol. The van der Waals surface area contributed by atoms with E-state index in [0.29, 0.717) is 16.2 Å². The van der Waals surface area contributed by atoms with Gasteiger partial charge in [0.1, 0.15) is 10.8 Å². The third-order valence-corrected chi connectivity index (χ3v) is 6.52. The average Bonchev–Trinajstić information content (AvgIpc) is 2.89. The van der Waals surface area contributed by atoms with Crippen LogP contribution in [-0.4, -0.2) is 21.2 Å². The van der Waals surface area contributed by atoms with Crippen molar-refractivity contribution in [2.45, 2.75) is 11.9 Å². The molecule has 0 aliphatic rings. The van der Waals surface area contributed by atoms with Crippen molar-refractivity contribution in [2.75, 3.05) is 16.4 Å². The molecule has 5 aromatic rings. The summed E-state index contributed by atoms with van der Waals surface area (Å²) in [5.74, 6) is 0.622. The second kappa shape index (κ2) is 10.5. The molecule has 2 aromatic heterocycles. The molecule has 1 amide bonds. The molecule has 0 unspecified atom stereocenters. The van der Waals surface area contributed by atoms with Gasteiger partial charge in [-0.2, -0.15) is 0 Å². The van der Waals surface area contributed by atoms with E-state index in [-0.39, 0.29) is 17.1 Å². The number of nitrogens with one attached hydrogen (secondary N) is 2. The quantitative estimate of drug-likeness (QED) is 0.266. The standard InChI is InChI=1S/C29H24N4O2S/c1-20-17-24-28(29(30-20)36-19-27(35)32-22-13-7-3-8-14-22)25(34)18-26(31-21-11-5-2-6-12-21)33(24)23-15-9-4-10-16-23/h2-18,31H,19H2,1H3,(H,32,35). The molecule has 0 atom stereocenters. The lowest BCUT2D eigenvalue weighted by Crippen LogP contribution is -2.16. The third kappa shape index (κ3) is 5.16. The Bertz CT molecular complexity index is 1570. The van der Waals surface area contributed by atoms with Crippen molar-refractivity contribution >= 4 is 45.8 Å². The minimum atomic E-state index is -0.159. The van der Waals surface area contributed by atoms with Gasteiger partial charge in [-0.25, -0.2) is 4.98 Å². The molecular formula is C29H24N4O2S. The Balaban J connectivity index is 1.58. The summed E-state index contributed by atoms with van der Waals surface area (Å²) in [7, 11) is 0. The van der Waals surface area contributed by atoms with Crippen LogP contribution in [0.1, 0.15) is 5.69 Å². The topological polar surface area (TPSA) is 76.0 Å². The van der Waals surface area contributed by atoms with Crippen LogP contribution in [0.25, 0.3) is 16.6 Å². The van der Waals surface area contributed by atoms with E-state index < -0.39 is 0 Å². The molecule has 5 rings (SSSR count). The summed E-state index contributed by atoms with van der Waals surface area (Å²) < 4.78 is 2.02. The number of aromatic nitrogens is 2. The number of amides is 1. The number of aryl methyl sites for hydroxylation is 1. The maximum absolute atomic E-state index is 13.4. The first-order chi connectivity index (χ1) is 17.6. The molecule has 0 aliphatic carbocycles. The normalized spacial score (nSPS) is 10.8. The lowest BCUT2D eigenvalue weighted by molar-refractivity contribution is -0.113. The lowest BCUT2D eigenvalue weighted by atomic mass is 10.2. The van der Waals surface area contributed by atoms with Gasteiger partial charge in [-0.1, -0.05) is 66.4 Å². The molecule has 0 saturated heterocycles. The van der Waals surface area contributed by atoms with Gasteiger partial charge in [0.15, 0.2) is 5.43 Å². The van der Waals surface area contributed by atoms with Crippen LogP contribution in [0, 0.1) is 6.92 Å². The number of thioether (sulfide) groups is 1. The van der Waals surface area contributed by atoms with E-state index in [2.05, 4.69) is 15.6 Å². The van der Waals surface area contributed by atoms with Crippen LogP contribution in [0.2, 0.25) is 0 Å². The zero-order chi connectivity index (χ0) is 24.9.